The van der Waals surface area contributed by atoms with E-state index in [4.69, 9.17) is 12.2 Å². The van der Waals surface area contributed by atoms with Crippen molar-refractivity contribution >= 4 is 28.4 Å². The van der Waals surface area contributed by atoms with E-state index in [1.165, 1.54) is 0 Å². The maximum Gasteiger partial charge on any atom is 0.196 e. The zero-order valence-electron chi connectivity index (χ0n) is 8.64. The third-order valence-corrected chi connectivity index (χ3v) is 2.25. The van der Waals surface area contributed by atoms with Crippen LogP contribution in [0.2, 0.25) is 0 Å². The van der Waals surface area contributed by atoms with E-state index in [1.807, 2.05) is 38.1 Å². The highest BCUT2D eigenvalue weighted by Gasteiger charge is 2.08. The minimum absolute atomic E-state index is 0.292. The van der Waals surface area contributed by atoms with Gasteiger partial charge in [-0.25, -0.2) is 0 Å². The molecule has 0 radical (unpaired) electrons. The van der Waals surface area contributed by atoms with Crippen LogP contribution >= 0.6 is 12.2 Å². The van der Waals surface area contributed by atoms with Crippen LogP contribution < -0.4 is 5.32 Å². The molecule has 4 nitrogen and oxygen atoms in total. The molecule has 15 heavy (non-hydrogen) atoms. The van der Waals surface area contributed by atoms with Crippen LogP contribution in [0.5, 0.6) is 0 Å². The fourth-order valence-corrected chi connectivity index (χ4v) is 1.70. The standard InChI is InChI=1S/C10H12N4S/c1-7(2)11-10(15)14-9-6-4-3-5-8(9)12-13-14/h3-7H,1-2H3,(H,11,15). The number of thiocarbonyl (C=S) groups is 1. The Kier molecular flexibility index (Phi) is 2.64. The molecular weight excluding hydrogens is 208 g/mol. The molecule has 0 saturated carbocycles. The Hall–Kier alpha value is -1.49. The van der Waals surface area contributed by atoms with Crippen molar-refractivity contribution in [1.29, 1.82) is 0 Å². The molecule has 0 aliphatic rings. The van der Waals surface area contributed by atoms with Gasteiger partial charge in [0.25, 0.3) is 0 Å². The number of para-hydroxylation sites is 1. The number of rotatable bonds is 1. The van der Waals surface area contributed by atoms with Gasteiger partial charge in [-0.15, -0.1) is 5.10 Å². The van der Waals surface area contributed by atoms with E-state index in [2.05, 4.69) is 15.6 Å². The summed E-state index contributed by atoms with van der Waals surface area (Å²) < 4.78 is 1.64. The number of hydrogen-bond donors (Lipinski definition) is 1. The Morgan fingerprint density at radius 2 is 2.13 bits per heavy atom. The van der Waals surface area contributed by atoms with Crippen LogP contribution in [0.3, 0.4) is 0 Å². The maximum absolute atomic E-state index is 5.23. The highest BCUT2D eigenvalue weighted by atomic mass is 32.1. The number of aromatic nitrogens is 3. The number of hydrogen-bond acceptors (Lipinski definition) is 3. The highest BCUT2D eigenvalue weighted by molar-refractivity contribution is 7.80. The van der Waals surface area contributed by atoms with Crippen LogP contribution in [0.15, 0.2) is 24.3 Å². The molecule has 0 atom stereocenters. The summed E-state index contributed by atoms with van der Waals surface area (Å²) in [5, 5.41) is 11.8. The van der Waals surface area contributed by atoms with E-state index in [0.717, 1.165) is 11.0 Å². The van der Waals surface area contributed by atoms with Crippen molar-refractivity contribution in [1.82, 2.24) is 20.3 Å². The maximum atomic E-state index is 5.23. The molecule has 2 rings (SSSR count). The number of nitrogens with one attached hydrogen (secondary N) is 1. The lowest BCUT2D eigenvalue weighted by atomic mass is 10.3. The summed E-state index contributed by atoms with van der Waals surface area (Å²) in [7, 11) is 0. The quantitative estimate of drug-likeness (QED) is 0.741. The molecule has 1 N–H and O–H groups in total. The fourth-order valence-electron chi connectivity index (χ4n) is 1.33. The summed E-state index contributed by atoms with van der Waals surface area (Å²) in [6, 6.07) is 8.03. The zero-order valence-corrected chi connectivity index (χ0v) is 9.45. The van der Waals surface area contributed by atoms with Gasteiger partial charge in [-0.05, 0) is 38.2 Å². The molecule has 0 bridgehead atoms. The summed E-state index contributed by atoms with van der Waals surface area (Å²) in [5.74, 6) is 0. The van der Waals surface area contributed by atoms with Gasteiger partial charge in [0.05, 0.1) is 5.52 Å². The second kappa shape index (κ2) is 3.94. The van der Waals surface area contributed by atoms with Gasteiger partial charge in [0.1, 0.15) is 5.52 Å². The van der Waals surface area contributed by atoms with Crippen LogP contribution in [0, 0.1) is 0 Å². The van der Waals surface area contributed by atoms with Gasteiger partial charge in [-0.3, -0.25) is 0 Å². The SMILES string of the molecule is CC(C)NC(=S)n1nnc2ccccc21. The predicted octanol–water partition coefficient (Wildman–Crippen LogP) is 1.56. The minimum atomic E-state index is 0.292. The first kappa shape index (κ1) is 10.0. The zero-order chi connectivity index (χ0) is 10.8. The summed E-state index contributed by atoms with van der Waals surface area (Å²) in [6.07, 6.45) is 0. The van der Waals surface area contributed by atoms with Gasteiger partial charge in [-0.1, -0.05) is 17.3 Å². The molecule has 0 aliphatic heterocycles. The molecule has 0 spiro atoms. The molecule has 1 aromatic heterocycles. The minimum Gasteiger partial charge on any atom is -0.359 e. The van der Waals surface area contributed by atoms with Gasteiger partial charge in [-0.2, -0.15) is 4.68 Å². The second-order valence-corrected chi connectivity index (χ2v) is 3.98. The Morgan fingerprint density at radius 3 is 2.87 bits per heavy atom. The van der Waals surface area contributed by atoms with E-state index in [0.29, 0.717) is 11.2 Å². The first-order valence-electron chi connectivity index (χ1n) is 4.80. The first-order chi connectivity index (χ1) is 7.18. The van der Waals surface area contributed by atoms with E-state index in [-0.39, 0.29) is 0 Å². The van der Waals surface area contributed by atoms with Crippen molar-refractivity contribution in [3.8, 4) is 0 Å². The predicted molar refractivity (Wildman–Crippen MR) is 63.8 cm³/mol. The van der Waals surface area contributed by atoms with Crippen LogP contribution in [0.25, 0.3) is 11.0 Å². The molecule has 0 saturated heterocycles. The van der Waals surface area contributed by atoms with Gasteiger partial charge in [0.2, 0.25) is 0 Å². The Bertz CT molecular complexity index is 489. The van der Waals surface area contributed by atoms with Crippen LogP contribution in [0.4, 0.5) is 0 Å². The monoisotopic (exact) mass is 220 g/mol. The average Bonchev–Trinajstić information content (AvgIpc) is 2.59. The van der Waals surface area contributed by atoms with E-state index >= 15 is 0 Å². The van der Waals surface area contributed by atoms with E-state index < -0.39 is 0 Å². The normalized spacial score (nSPS) is 10.9. The molecule has 78 valence electrons. The van der Waals surface area contributed by atoms with Crippen molar-refractivity contribution in [3.63, 3.8) is 0 Å². The Morgan fingerprint density at radius 1 is 1.40 bits per heavy atom. The molecule has 1 aromatic carbocycles. The lowest BCUT2D eigenvalue weighted by Gasteiger charge is -2.10. The molecule has 0 aliphatic carbocycles. The molecule has 2 aromatic rings. The third kappa shape index (κ3) is 1.97. The Balaban J connectivity index is 2.40. The molecule has 0 amide bonds. The van der Waals surface area contributed by atoms with Crippen molar-refractivity contribution in [2.24, 2.45) is 0 Å². The van der Waals surface area contributed by atoms with Gasteiger partial charge in [0.15, 0.2) is 5.11 Å². The van der Waals surface area contributed by atoms with Crippen LogP contribution in [0.1, 0.15) is 13.8 Å². The molecule has 0 unspecified atom stereocenters. The van der Waals surface area contributed by atoms with E-state index in [9.17, 15) is 0 Å². The van der Waals surface area contributed by atoms with E-state index in [1.54, 1.807) is 4.68 Å². The highest BCUT2D eigenvalue weighted by Crippen LogP contribution is 2.09. The number of benzene rings is 1. The van der Waals surface area contributed by atoms with Gasteiger partial charge < -0.3 is 5.32 Å². The van der Waals surface area contributed by atoms with Crippen molar-refractivity contribution < 1.29 is 0 Å². The first-order valence-corrected chi connectivity index (χ1v) is 5.20. The second-order valence-electron chi connectivity index (χ2n) is 3.59. The number of fused-ring (bicyclic) bond motifs is 1. The van der Waals surface area contributed by atoms with Crippen molar-refractivity contribution in [2.45, 2.75) is 19.9 Å². The van der Waals surface area contributed by atoms with Gasteiger partial charge in [0, 0.05) is 6.04 Å². The number of nitrogens with zero attached hydrogens (tertiary/aromatic N) is 3. The topological polar surface area (TPSA) is 42.7 Å². The smallest absolute Gasteiger partial charge is 0.196 e. The lowest BCUT2D eigenvalue weighted by Crippen LogP contribution is -2.34. The third-order valence-electron chi connectivity index (χ3n) is 1.96. The summed E-state index contributed by atoms with van der Waals surface area (Å²) in [4.78, 5) is 0. The summed E-state index contributed by atoms with van der Waals surface area (Å²) in [6.45, 7) is 4.07. The fraction of sp³-hybridized carbons (Fsp3) is 0.300. The lowest BCUT2D eigenvalue weighted by molar-refractivity contribution is 0.707. The average molecular weight is 220 g/mol. The summed E-state index contributed by atoms with van der Waals surface area (Å²) in [5.41, 5.74) is 1.78. The largest absolute Gasteiger partial charge is 0.359 e. The van der Waals surface area contributed by atoms with Crippen molar-refractivity contribution in [2.75, 3.05) is 0 Å². The Labute approximate surface area is 93.3 Å². The van der Waals surface area contributed by atoms with Crippen LogP contribution in [-0.4, -0.2) is 26.1 Å². The summed E-state index contributed by atoms with van der Waals surface area (Å²) >= 11 is 5.23. The molecule has 1 heterocycles. The van der Waals surface area contributed by atoms with Crippen LogP contribution in [-0.2, 0) is 0 Å². The molecule has 5 heteroatoms. The molecule has 0 fully saturated rings. The van der Waals surface area contributed by atoms with Crippen molar-refractivity contribution in [3.05, 3.63) is 24.3 Å². The van der Waals surface area contributed by atoms with Gasteiger partial charge >= 0.3 is 0 Å². The molecular formula is C10H12N4S.